The van der Waals surface area contributed by atoms with Crippen molar-refractivity contribution in [1.29, 1.82) is 0 Å². The molecular formula is C16H8BrClF3N3OS. The molecule has 0 atom stereocenters. The molecule has 3 rings (SSSR count). The number of hydrogen-bond donors (Lipinski definition) is 1. The minimum absolute atomic E-state index is 0.0260. The first-order valence-electron chi connectivity index (χ1n) is 7.02. The van der Waals surface area contributed by atoms with Gasteiger partial charge in [0.15, 0.2) is 0 Å². The number of alkyl halides is 3. The molecule has 10 heteroatoms. The fraction of sp³-hybridized carbons (Fsp3) is 0.0625. The van der Waals surface area contributed by atoms with Gasteiger partial charge in [-0.3, -0.25) is 4.79 Å². The van der Waals surface area contributed by atoms with Gasteiger partial charge in [-0.05, 0) is 41.9 Å². The van der Waals surface area contributed by atoms with Crippen LogP contribution >= 0.6 is 39.1 Å². The summed E-state index contributed by atoms with van der Waals surface area (Å²) in [6.07, 6.45) is -4.62. The van der Waals surface area contributed by atoms with Crippen molar-refractivity contribution in [1.82, 2.24) is 9.59 Å². The van der Waals surface area contributed by atoms with Gasteiger partial charge >= 0.3 is 6.18 Å². The molecule has 1 heterocycles. The predicted octanol–water partition coefficient (Wildman–Crippen LogP) is 5.89. The first kappa shape index (κ1) is 18.8. The Morgan fingerprint density at radius 1 is 1.15 bits per heavy atom. The van der Waals surface area contributed by atoms with Gasteiger partial charge in [0, 0.05) is 15.7 Å². The van der Waals surface area contributed by atoms with Crippen LogP contribution in [0.15, 0.2) is 46.9 Å². The zero-order valence-electron chi connectivity index (χ0n) is 12.6. The summed E-state index contributed by atoms with van der Waals surface area (Å²) in [5, 5.41) is 5.93. The molecule has 1 aromatic heterocycles. The Hall–Kier alpha value is -1.97. The van der Waals surface area contributed by atoms with Gasteiger partial charge in [-0.1, -0.05) is 44.2 Å². The molecule has 0 saturated carbocycles. The maximum Gasteiger partial charge on any atom is 0.417 e. The first-order valence-corrected chi connectivity index (χ1v) is 8.96. The molecule has 0 unspecified atom stereocenters. The van der Waals surface area contributed by atoms with Crippen molar-refractivity contribution in [3.05, 3.63) is 62.4 Å². The zero-order valence-corrected chi connectivity index (χ0v) is 15.8. The lowest BCUT2D eigenvalue weighted by molar-refractivity contribution is -0.137. The largest absolute Gasteiger partial charge is 0.417 e. The zero-order chi connectivity index (χ0) is 18.9. The summed E-state index contributed by atoms with van der Waals surface area (Å²) < 4.78 is 43.4. The molecule has 0 aliphatic heterocycles. The van der Waals surface area contributed by atoms with Gasteiger partial charge in [0.25, 0.3) is 5.91 Å². The van der Waals surface area contributed by atoms with Crippen LogP contribution in [0.3, 0.4) is 0 Å². The molecule has 0 bridgehead atoms. The van der Waals surface area contributed by atoms with E-state index in [4.69, 9.17) is 11.6 Å². The molecule has 134 valence electrons. The predicted molar refractivity (Wildman–Crippen MR) is 97.5 cm³/mol. The molecule has 1 amide bonds. The van der Waals surface area contributed by atoms with E-state index in [9.17, 15) is 18.0 Å². The number of hydrogen-bond acceptors (Lipinski definition) is 4. The highest BCUT2D eigenvalue weighted by Crippen LogP contribution is 2.36. The van der Waals surface area contributed by atoms with Gasteiger partial charge in [0.1, 0.15) is 10.6 Å². The van der Waals surface area contributed by atoms with Crippen LogP contribution in [-0.2, 0) is 6.18 Å². The minimum Gasteiger partial charge on any atom is -0.321 e. The number of carbonyl (C=O) groups is 1. The van der Waals surface area contributed by atoms with Crippen LogP contribution < -0.4 is 5.32 Å². The number of aromatic nitrogens is 2. The van der Waals surface area contributed by atoms with Crippen LogP contribution in [-0.4, -0.2) is 15.5 Å². The molecule has 0 fully saturated rings. The lowest BCUT2D eigenvalue weighted by atomic mass is 10.1. The average Bonchev–Trinajstić information content (AvgIpc) is 3.06. The Bertz CT molecular complexity index is 960. The molecule has 0 saturated heterocycles. The number of carbonyl (C=O) groups excluding carboxylic acids is 1. The third-order valence-corrected chi connectivity index (χ3v) is 4.92. The van der Waals surface area contributed by atoms with Crippen molar-refractivity contribution in [3.8, 4) is 11.3 Å². The second-order valence-electron chi connectivity index (χ2n) is 5.10. The standard InChI is InChI=1S/C16H8BrClF3N3OS/c17-9-3-1-8(2-4-9)13-14(26-24-23-13)15(25)22-10-5-6-12(18)11(7-10)16(19,20)21/h1-7H,(H,22,25). The Morgan fingerprint density at radius 3 is 2.50 bits per heavy atom. The van der Waals surface area contributed by atoms with E-state index >= 15 is 0 Å². The summed E-state index contributed by atoms with van der Waals surface area (Å²) in [5.41, 5.74) is -0.0291. The van der Waals surface area contributed by atoms with E-state index < -0.39 is 22.7 Å². The van der Waals surface area contributed by atoms with Crippen molar-refractivity contribution < 1.29 is 18.0 Å². The summed E-state index contributed by atoms with van der Waals surface area (Å²) >= 11 is 9.75. The second-order valence-corrected chi connectivity index (χ2v) is 7.18. The van der Waals surface area contributed by atoms with Gasteiger partial charge in [0.05, 0.1) is 10.6 Å². The van der Waals surface area contributed by atoms with Crippen molar-refractivity contribution in [2.75, 3.05) is 5.32 Å². The number of nitrogens with one attached hydrogen (secondary N) is 1. The third-order valence-electron chi connectivity index (χ3n) is 3.34. The lowest BCUT2D eigenvalue weighted by Gasteiger charge is -2.11. The van der Waals surface area contributed by atoms with Gasteiger partial charge < -0.3 is 5.32 Å². The van der Waals surface area contributed by atoms with Gasteiger partial charge in [-0.25, -0.2) is 0 Å². The molecule has 0 aliphatic rings. The van der Waals surface area contributed by atoms with Crippen LogP contribution in [0, 0.1) is 0 Å². The quantitative estimate of drug-likeness (QED) is 0.528. The van der Waals surface area contributed by atoms with Gasteiger partial charge in [0.2, 0.25) is 0 Å². The van der Waals surface area contributed by atoms with Gasteiger partial charge in [-0.2, -0.15) is 13.2 Å². The summed E-state index contributed by atoms with van der Waals surface area (Å²) in [4.78, 5) is 12.7. The van der Waals surface area contributed by atoms with E-state index in [2.05, 4.69) is 30.8 Å². The van der Waals surface area contributed by atoms with Crippen LogP contribution in [0.25, 0.3) is 11.3 Å². The number of rotatable bonds is 3. The van der Waals surface area contributed by atoms with Gasteiger partial charge in [-0.15, -0.1) is 5.10 Å². The molecular weight excluding hydrogens is 455 g/mol. The lowest BCUT2D eigenvalue weighted by Crippen LogP contribution is -2.13. The number of nitrogens with zero attached hydrogens (tertiary/aromatic N) is 2. The molecule has 1 N–H and O–H groups in total. The number of benzene rings is 2. The highest BCUT2D eigenvalue weighted by molar-refractivity contribution is 9.10. The smallest absolute Gasteiger partial charge is 0.321 e. The molecule has 0 spiro atoms. The first-order chi connectivity index (χ1) is 12.3. The van der Waals surface area contributed by atoms with Crippen molar-refractivity contribution >= 4 is 50.7 Å². The Morgan fingerprint density at radius 2 is 1.85 bits per heavy atom. The number of amides is 1. The number of anilines is 1. The molecule has 0 aliphatic carbocycles. The van der Waals surface area contributed by atoms with E-state index in [0.29, 0.717) is 11.3 Å². The van der Waals surface area contributed by atoms with E-state index in [1.807, 2.05) is 0 Å². The fourth-order valence-electron chi connectivity index (χ4n) is 2.14. The van der Waals surface area contributed by atoms with E-state index in [1.165, 1.54) is 6.07 Å². The Kier molecular flexibility index (Phi) is 5.31. The van der Waals surface area contributed by atoms with Crippen molar-refractivity contribution in [2.45, 2.75) is 6.18 Å². The SMILES string of the molecule is O=C(Nc1ccc(Cl)c(C(F)(F)F)c1)c1snnc1-c1ccc(Br)cc1. The maximum absolute atomic E-state index is 12.9. The summed E-state index contributed by atoms with van der Waals surface area (Å²) in [7, 11) is 0. The van der Waals surface area contributed by atoms with Crippen LogP contribution in [0.4, 0.5) is 18.9 Å². The molecule has 4 nitrogen and oxygen atoms in total. The third kappa shape index (κ3) is 4.05. The molecule has 2 aromatic carbocycles. The topological polar surface area (TPSA) is 54.9 Å². The number of halogens is 5. The van der Waals surface area contributed by atoms with Crippen LogP contribution in [0.5, 0.6) is 0 Å². The van der Waals surface area contributed by atoms with Crippen molar-refractivity contribution in [2.24, 2.45) is 0 Å². The normalized spacial score (nSPS) is 11.4. The summed E-state index contributed by atoms with van der Waals surface area (Å²) in [6.45, 7) is 0. The highest BCUT2D eigenvalue weighted by atomic mass is 79.9. The Labute approximate surface area is 163 Å². The second kappa shape index (κ2) is 7.34. The summed E-state index contributed by atoms with van der Waals surface area (Å²) in [5.74, 6) is -0.603. The molecule has 26 heavy (non-hydrogen) atoms. The van der Waals surface area contributed by atoms with E-state index in [0.717, 1.165) is 28.1 Å². The summed E-state index contributed by atoms with van der Waals surface area (Å²) in [6, 6.07) is 10.2. The monoisotopic (exact) mass is 461 g/mol. The molecule has 0 radical (unpaired) electrons. The van der Waals surface area contributed by atoms with Crippen LogP contribution in [0.1, 0.15) is 15.2 Å². The fourth-order valence-corrected chi connectivity index (χ4v) is 3.22. The maximum atomic E-state index is 12.9. The average molecular weight is 463 g/mol. The van der Waals surface area contributed by atoms with E-state index in [-0.39, 0.29) is 10.6 Å². The van der Waals surface area contributed by atoms with Crippen molar-refractivity contribution in [3.63, 3.8) is 0 Å². The minimum atomic E-state index is -4.62. The van der Waals surface area contributed by atoms with E-state index in [1.54, 1.807) is 24.3 Å². The highest BCUT2D eigenvalue weighted by Gasteiger charge is 2.33. The van der Waals surface area contributed by atoms with Crippen LogP contribution in [0.2, 0.25) is 5.02 Å². The molecule has 3 aromatic rings. The Balaban J connectivity index is 1.88.